The fourth-order valence-corrected chi connectivity index (χ4v) is 2.19. The van der Waals surface area contributed by atoms with E-state index in [1.807, 2.05) is 47.4 Å². The fraction of sp³-hybridized carbons (Fsp3) is 0.250. The summed E-state index contributed by atoms with van der Waals surface area (Å²) in [7, 11) is 0. The second-order valence-electron chi connectivity index (χ2n) is 5.38. The van der Waals surface area contributed by atoms with E-state index in [9.17, 15) is 4.79 Å². The number of carbonyl (C=O) groups is 1. The van der Waals surface area contributed by atoms with E-state index < -0.39 is 0 Å². The van der Waals surface area contributed by atoms with E-state index in [2.05, 4.69) is 26.0 Å². The van der Waals surface area contributed by atoms with Crippen molar-refractivity contribution in [2.45, 2.75) is 26.7 Å². The van der Waals surface area contributed by atoms with Crippen LogP contribution in [-0.2, 0) is 9.53 Å². The topological polar surface area (TPSA) is 29.5 Å². The van der Waals surface area contributed by atoms with Crippen LogP contribution < -0.4 is 4.90 Å². The molecule has 23 heavy (non-hydrogen) atoms. The SMILES string of the molecule is CCCCOC(=O)/C=C/N(c1ccccc1)c1cccc(C)c1. The molecule has 0 saturated carbocycles. The minimum absolute atomic E-state index is 0.313. The minimum atomic E-state index is -0.313. The summed E-state index contributed by atoms with van der Waals surface area (Å²) in [6.45, 7) is 4.59. The van der Waals surface area contributed by atoms with E-state index in [1.165, 1.54) is 11.6 Å². The number of carbonyl (C=O) groups excluding carboxylic acids is 1. The molecule has 2 aromatic rings. The van der Waals surface area contributed by atoms with E-state index >= 15 is 0 Å². The van der Waals surface area contributed by atoms with Gasteiger partial charge in [0.05, 0.1) is 6.61 Å². The lowest BCUT2D eigenvalue weighted by Gasteiger charge is -2.21. The number of rotatable bonds is 7. The van der Waals surface area contributed by atoms with Crippen LogP contribution in [0.15, 0.2) is 66.9 Å². The highest BCUT2D eigenvalue weighted by Gasteiger charge is 2.07. The monoisotopic (exact) mass is 309 g/mol. The van der Waals surface area contributed by atoms with Gasteiger partial charge in [-0.1, -0.05) is 43.7 Å². The lowest BCUT2D eigenvalue weighted by molar-refractivity contribution is -0.137. The van der Waals surface area contributed by atoms with E-state index in [4.69, 9.17) is 4.74 Å². The molecule has 120 valence electrons. The molecule has 0 saturated heterocycles. The number of nitrogens with zero attached hydrogens (tertiary/aromatic N) is 1. The molecule has 0 heterocycles. The molecule has 0 atom stereocenters. The van der Waals surface area contributed by atoms with Gasteiger partial charge in [-0.2, -0.15) is 0 Å². The number of hydrogen-bond donors (Lipinski definition) is 0. The van der Waals surface area contributed by atoms with Crippen LogP contribution in [0.4, 0.5) is 11.4 Å². The number of benzene rings is 2. The van der Waals surface area contributed by atoms with Gasteiger partial charge in [-0.3, -0.25) is 0 Å². The number of unbranched alkanes of at least 4 members (excludes halogenated alkanes) is 1. The third-order valence-corrected chi connectivity index (χ3v) is 3.42. The molecule has 3 heteroatoms. The number of ether oxygens (including phenoxy) is 1. The first-order valence-electron chi connectivity index (χ1n) is 7.96. The normalized spacial score (nSPS) is 10.7. The van der Waals surface area contributed by atoms with Gasteiger partial charge in [-0.15, -0.1) is 0 Å². The van der Waals surface area contributed by atoms with Crippen molar-refractivity contribution in [3.05, 3.63) is 72.4 Å². The molecule has 0 aliphatic rings. The highest BCUT2D eigenvalue weighted by atomic mass is 16.5. The zero-order valence-electron chi connectivity index (χ0n) is 13.7. The van der Waals surface area contributed by atoms with Gasteiger partial charge in [0, 0.05) is 23.7 Å². The summed E-state index contributed by atoms with van der Waals surface area (Å²) >= 11 is 0. The standard InChI is InChI=1S/C20H23NO2/c1-3-4-15-23-20(22)13-14-21(18-10-6-5-7-11-18)19-12-8-9-17(2)16-19/h5-14,16H,3-4,15H2,1-2H3/b14-13+. The third kappa shape index (κ3) is 5.29. The van der Waals surface area contributed by atoms with Gasteiger partial charge in [0.15, 0.2) is 0 Å². The van der Waals surface area contributed by atoms with Crippen molar-refractivity contribution in [2.75, 3.05) is 11.5 Å². The van der Waals surface area contributed by atoms with Crippen LogP contribution in [0.2, 0.25) is 0 Å². The summed E-state index contributed by atoms with van der Waals surface area (Å²) in [5.74, 6) is -0.313. The molecule has 3 nitrogen and oxygen atoms in total. The molecule has 0 unspecified atom stereocenters. The van der Waals surface area contributed by atoms with Crippen molar-refractivity contribution >= 4 is 17.3 Å². The smallest absolute Gasteiger partial charge is 0.332 e. The Morgan fingerprint density at radius 3 is 2.52 bits per heavy atom. The largest absolute Gasteiger partial charge is 0.462 e. The number of para-hydroxylation sites is 1. The molecular weight excluding hydrogens is 286 g/mol. The first kappa shape index (κ1) is 16.8. The summed E-state index contributed by atoms with van der Waals surface area (Å²) in [5, 5.41) is 0. The van der Waals surface area contributed by atoms with Crippen molar-refractivity contribution in [1.29, 1.82) is 0 Å². The summed E-state index contributed by atoms with van der Waals surface area (Å²) in [6, 6.07) is 18.1. The van der Waals surface area contributed by atoms with Crippen molar-refractivity contribution in [1.82, 2.24) is 0 Å². The van der Waals surface area contributed by atoms with E-state index in [0.717, 1.165) is 24.2 Å². The predicted molar refractivity (Wildman–Crippen MR) is 94.8 cm³/mol. The Kier molecular flexibility index (Phi) is 6.42. The number of esters is 1. The Morgan fingerprint density at radius 2 is 1.83 bits per heavy atom. The Labute approximate surface area is 138 Å². The van der Waals surface area contributed by atoms with Crippen molar-refractivity contribution < 1.29 is 9.53 Å². The molecular formula is C20H23NO2. The first-order chi connectivity index (χ1) is 11.2. The fourth-order valence-electron chi connectivity index (χ4n) is 2.19. The predicted octanol–water partition coefficient (Wildman–Crippen LogP) is 4.99. The van der Waals surface area contributed by atoms with Crippen LogP contribution in [0.5, 0.6) is 0 Å². The highest BCUT2D eigenvalue weighted by Crippen LogP contribution is 2.26. The lowest BCUT2D eigenvalue weighted by Crippen LogP contribution is -2.10. The lowest BCUT2D eigenvalue weighted by atomic mass is 10.2. The van der Waals surface area contributed by atoms with Crippen molar-refractivity contribution in [3.63, 3.8) is 0 Å². The molecule has 0 N–H and O–H groups in total. The van der Waals surface area contributed by atoms with E-state index in [-0.39, 0.29) is 5.97 Å². The van der Waals surface area contributed by atoms with Gasteiger partial charge in [-0.05, 0) is 43.2 Å². The molecule has 2 aromatic carbocycles. The zero-order chi connectivity index (χ0) is 16.5. The molecule has 2 rings (SSSR count). The van der Waals surface area contributed by atoms with Gasteiger partial charge in [-0.25, -0.2) is 4.79 Å². The summed E-state index contributed by atoms with van der Waals surface area (Å²) in [5.41, 5.74) is 3.17. The Morgan fingerprint density at radius 1 is 1.09 bits per heavy atom. The van der Waals surface area contributed by atoms with Crippen LogP contribution in [0, 0.1) is 6.92 Å². The summed E-state index contributed by atoms with van der Waals surface area (Å²) in [6.07, 6.45) is 5.14. The van der Waals surface area contributed by atoms with Crippen LogP contribution in [0.3, 0.4) is 0 Å². The Balaban J connectivity index is 2.19. The second-order valence-corrected chi connectivity index (χ2v) is 5.38. The van der Waals surface area contributed by atoms with E-state index in [1.54, 1.807) is 6.20 Å². The van der Waals surface area contributed by atoms with Crippen LogP contribution in [0.25, 0.3) is 0 Å². The molecule has 0 spiro atoms. The summed E-state index contributed by atoms with van der Waals surface area (Å²) < 4.78 is 5.18. The average Bonchev–Trinajstić information content (AvgIpc) is 2.56. The molecule has 0 amide bonds. The van der Waals surface area contributed by atoms with Gasteiger partial charge >= 0.3 is 5.97 Å². The van der Waals surface area contributed by atoms with Crippen LogP contribution in [0.1, 0.15) is 25.3 Å². The Bertz CT molecular complexity index is 650. The summed E-state index contributed by atoms with van der Waals surface area (Å²) in [4.78, 5) is 13.8. The Hall–Kier alpha value is -2.55. The minimum Gasteiger partial charge on any atom is -0.462 e. The first-order valence-corrected chi connectivity index (χ1v) is 7.96. The quantitative estimate of drug-likeness (QED) is 0.410. The van der Waals surface area contributed by atoms with Gasteiger partial charge in [0.25, 0.3) is 0 Å². The molecule has 0 aliphatic carbocycles. The third-order valence-electron chi connectivity index (χ3n) is 3.42. The van der Waals surface area contributed by atoms with Gasteiger partial charge in [0.2, 0.25) is 0 Å². The molecule has 0 bridgehead atoms. The maximum absolute atomic E-state index is 11.8. The van der Waals surface area contributed by atoms with Crippen LogP contribution >= 0.6 is 0 Å². The zero-order valence-corrected chi connectivity index (χ0v) is 13.7. The maximum atomic E-state index is 11.8. The molecule has 0 aliphatic heterocycles. The van der Waals surface area contributed by atoms with Gasteiger partial charge in [0.1, 0.15) is 0 Å². The molecule has 0 radical (unpaired) electrons. The number of hydrogen-bond acceptors (Lipinski definition) is 3. The van der Waals surface area contributed by atoms with Gasteiger partial charge < -0.3 is 9.64 Å². The maximum Gasteiger partial charge on any atom is 0.332 e. The second kappa shape index (κ2) is 8.79. The molecule has 0 fully saturated rings. The average molecular weight is 309 g/mol. The van der Waals surface area contributed by atoms with E-state index in [0.29, 0.717) is 6.61 Å². The number of aryl methyl sites for hydroxylation is 1. The van der Waals surface area contributed by atoms with Crippen molar-refractivity contribution in [2.24, 2.45) is 0 Å². The number of anilines is 2. The van der Waals surface area contributed by atoms with Crippen molar-refractivity contribution in [3.8, 4) is 0 Å². The highest BCUT2D eigenvalue weighted by molar-refractivity contribution is 5.83. The van der Waals surface area contributed by atoms with Crippen LogP contribution in [-0.4, -0.2) is 12.6 Å². The molecule has 0 aromatic heterocycles.